The molecule has 0 aliphatic rings. The van der Waals surface area contributed by atoms with Crippen molar-refractivity contribution in [3.05, 3.63) is 53.2 Å². The van der Waals surface area contributed by atoms with Crippen LogP contribution in [0.5, 0.6) is 0 Å². The highest BCUT2D eigenvalue weighted by molar-refractivity contribution is 7.71. The first kappa shape index (κ1) is 11.7. The summed E-state index contributed by atoms with van der Waals surface area (Å²) in [6.07, 6.45) is 4.93. The van der Waals surface area contributed by atoms with Crippen molar-refractivity contribution in [2.45, 2.75) is 6.92 Å². The van der Waals surface area contributed by atoms with E-state index in [0.717, 1.165) is 11.3 Å². The van der Waals surface area contributed by atoms with Crippen molar-refractivity contribution in [3.8, 4) is 17.2 Å². The minimum absolute atomic E-state index is 0.537. The number of nitrogens with zero attached hydrogens (tertiary/aromatic N) is 4. The van der Waals surface area contributed by atoms with E-state index in [9.17, 15) is 0 Å². The molecule has 0 spiro atoms. The third-order valence-electron chi connectivity index (χ3n) is 2.82. The van der Waals surface area contributed by atoms with E-state index >= 15 is 0 Å². The minimum Gasteiger partial charge on any atom is -0.267 e. The molecule has 0 amide bonds. The lowest BCUT2D eigenvalue weighted by Gasteiger charge is -2.08. The number of aryl methyl sites for hydroxylation is 1. The fraction of sp³-hybridized carbons (Fsp3) is 0.0769. The number of hydrogen-bond donors (Lipinski definition) is 1. The first-order chi connectivity index (χ1) is 9.27. The van der Waals surface area contributed by atoms with E-state index in [4.69, 9.17) is 12.2 Å². The number of hydrogen-bond acceptors (Lipinski definition) is 4. The Bertz CT molecular complexity index is 760. The average molecular weight is 269 g/mol. The number of aromatic nitrogens is 5. The number of benzene rings is 1. The number of H-pyrrole nitrogens is 1. The fourth-order valence-electron chi connectivity index (χ4n) is 1.92. The van der Waals surface area contributed by atoms with Crippen molar-refractivity contribution >= 4 is 12.2 Å². The van der Waals surface area contributed by atoms with Crippen LogP contribution in [-0.2, 0) is 0 Å². The van der Waals surface area contributed by atoms with Gasteiger partial charge >= 0.3 is 0 Å². The van der Waals surface area contributed by atoms with Crippen LogP contribution in [0.15, 0.2) is 42.9 Å². The molecule has 1 N–H and O–H groups in total. The molecule has 6 heteroatoms. The van der Waals surface area contributed by atoms with Gasteiger partial charge < -0.3 is 0 Å². The topological polar surface area (TPSA) is 59.4 Å². The minimum atomic E-state index is 0.537. The molecule has 94 valence electrons. The normalized spacial score (nSPS) is 10.6. The van der Waals surface area contributed by atoms with Gasteiger partial charge in [-0.1, -0.05) is 18.2 Å². The van der Waals surface area contributed by atoms with E-state index < -0.39 is 0 Å². The summed E-state index contributed by atoms with van der Waals surface area (Å²) in [4.78, 5) is 8.33. The lowest BCUT2D eigenvalue weighted by molar-refractivity contribution is 1.01. The standard InChI is InChI=1S/C13H11N5S/c1-9-4-2-3-5-11(9)18-12(16-17-13(18)19)10-8-14-6-7-15-10/h2-8H,1H3,(H,17,19). The molecule has 2 heterocycles. The second-order valence-electron chi connectivity index (χ2n) is 4.06. The van der Waals surface area contributed by atoms with Gasteiger partial charge in [-0.3, -0.25) is 14.6 Å². The summed E-state index contributed by atoms with van der Waals surface area (Å²) in [5.41, 5.74) is 2.78. The number of aromatic amines is 1. The molecule has 0 atom stereocenters. The zero-order chi connectivity index (χ0) is 13.2. The molecular weight excluding hydrogens is 258 g/mol. The van der Waals surface area contributed by atoms with Crippen LogP contribution in [0.4, 0.5) is 0 Å². The van der Waals surface area contributed by atoms with Crippen LogP contribution >= 0.6 is 12.2 Å². The Hall–Kier alpha value is -2.34. The highest BCUT2D eigenvalue weighted by Crippen LogP contribution is 2.21. The van der Waals surface area contributed by atoms with E-state index in [1.165, 1.54) is 0 Å². The SMILES string of the molecule is Cc1ccccc1-n1c(-c2cnccn2)n[nH]c1=S. The zero-order valence-electron chi connectivity index (χ0n) is 10.2. The molecular formula is C13H11N5S. The van der Waals surface area contributed by atoms with Gasteiger partial charge in [0.15, 0.2) is 10.6 Å². The quantitative estimate of drug-likeness (QED) is 0.727. The monoisotopic (exact) mass is 269 g/mol. The molecule has 3 aromatic rings. The molecule has 0 radical (unpaired) electrons. The molecule has 0 saturated carbocycles. The van der Waals surface area contributed by atoms with Crippen molar-refractivity contribution in [3.63, 3.8) is 0 Å². The molecule has 1 aromatic carbocycles. The van der Waals surface area contributed by atoms with Crippen LogP contribution in [0.25, 0.3) is 17.2 Å². The number of rotatable bonds is 2. The number of nitrogens with one attached hydrogen (secondary N) is 1. The molecule has 0 unspecified atom stereocenters. The van der Waals surface area contributed by atoms with E-state index in [1.54, 1.807) is 18.6 Å². The molecule has 0 aliphatic heterocycles. The fourth-order valence-corrected chi connectivity index (χ4v) is 2.15. The predicted molar refractivity (Wildman–Crippen MR) is 74.5 cm³/mol. The zero-order valence-corrected chi connectivity index (χ0v) is 11.1. The summed E-state index contributed by atoms with van der Waals surface area (Å²) in [5.74, 6) is 0.660. The molecule has 2 aromatic heterocycles. The van der Waals surface area contributed by atoms with Gasteiger partial charge in [-0.15, -0.1) is 0 Å². The Kier molecular flexibility index (Phi) is 2.92. The summed E-state index contributed by atoms with van der Waals surface area (Å²) < 4.78 is 2.41. The Morgan fingerprint density at radius 3 is 2.79 bits per heavy atom. The molecule has 19 heavy (non-hydrogen) atoms. The third kappa shape index (κ3) is 2.06. The second-order valence-corrected chi connectivity index (χ2v) is 4.45. The molecule has 0 aliphatic carbocycles. The van der Waals surface area contributed by atoms with Crippen LogP contribution < -0.4 is 0 Å². The molecule has 0 saturated heterocycles. The lowest BCUT2D eigenvalue weighted by atomic mass is 10.2. The van der Waals surface area contributed by atoms with E-state index in [2.05, 4.69) is 20.2 Å². The Morgan fingerprint density at radius 2 is 2.05 bits per heavy atom. The predicted octanol–water partition coefficient (Wildman–Crippen LogP) is 2.70. The summed E-state index contributed by atoms with van der Waals surface area (Å²) in [5, 5.41) is 7.06. The van der Waals surface area contributed by atoms with Crippen molar-refractivity contribution in [2.75, 3.05) is 0 Å². The maximum absolute atomic E-state index is 5.31. The highest BCUT2D eigenvalue weighted by Gasteiger charge is 2.12. The molecule has 0 bridgehead atoms. The highest BCUT2D eigenvalue weighted by atomic mass is 32.1. The van der Waals surface area contributed by atoms with Gasteiger partial charge in [0.05, 0.1) is 11.9 Å². The van der Waals surface area contributed by atoms with E-state index in [0.29, 0.717) is 16.3 Å². The maximum Gasteiger partial charge on any atom is 0.200 e. The van der Waals surface area contributed by atoms with Crippen molar-refractivity contribution in [1.82, 2.24) is 24.7 Å². The molecule has 0 fully saturated rings. The van der Waals surface area contributed by atoms with Gasteiger partial charge in [0.25, 0.3) is 0 Å². The largest absolute Gasteiger partial charge is 0.267 e. The number of para-hydroxylation sites is 1. The van der Waals surface area contributed by atoms with E-state index in [1.807, 2.05) is 35.8 Å². The Balaban J connectivity index is 2.26. The van der Waals surface area contributed by atoms with Gasteiger partial charge in [0.1, 0.15) is 5.69 Å². The van der Waals surface area contributed by atoms with Crippen LogP contribution in [0.1, 0.15) is 5.56 Å². The van der Waals surface area contributed by atoms with Crippen LogP contribution in [0, 0.1) is 11.7 Å². The first-order valence-corrected chi connectivity index (χ1v) is 6.18. The van der Waals surface area contributed by atoms with Gasteiger partial charge in [-0.25, -0.2) is 4.98 Å². The van der Waals surface area contributed by atoms with Crippen molar-refractivity contribution in [2.24, 2.45) is 0 Å². The lowest BCUT2D eigenvalue weighted by Crippen LogP contribution is -2.01. The van der Waals surface area contributed by atoms with Gasteiger partial charge in [0.2, 0.25) is 0 Å². The maximum atomic E-state index is 5.31. The van der Waals surface area contributed by atoms with Crippen LogP contribution in [-0.4, -0.2) is 24.7 Å². The molecule has 5 nitrogen and oxygen atoms in total. The average Bonchev–Trinajstić information content (AvgIpc) is 2.82. The molecule has 3 rings (SSSR count). The van der Waals surface area contributed by atoms with Gasteiger partial charge in [-0.2, -0.15) is 5.10 Å². The van der Waals surface area contributed by atoms with Gasteiger partial charge in [0, 0.05) is 12.4 Å². The summed E-state index contributed by atoms with van der Waals surface area (Å²) in [7, 11) is 0. The van der Waals surface area contributed by atoms with Gasteiger partial charge in [-0.05, 0) is 30.8 Å². The summed E-state index contributed by atoms with van der Waals surface area (Å²) in [6, 6.07) is 7.99. The van der Waals surface area contributed by atoms with Crippen molar-refractivity contribution < 1.29 is 0 Å². The first-order valence-electron chi connectivity index (χ1n) is 5.77. The smallest absolute Gasteiger partial charge is 0.200 e. The summed E-state index contributed by atoms with van der Waals surface area (Å²) >= 11 is 5.31. The Morgan fingerprint density at radius 1 is 1.21 bits per heavy atom. The van der Waals surface area contributed by atoms with Crippen molar-refractivity contribution in [1.29, 1.82) is 0 Å². The third-order valence-corrected chi connectivity index (χ3v) is 3.09. The summed E-state index contributed by atoms with van der Waals surface area (Å²) in [6.45, 7) is 2.03. The van der Waals surface area contributed by atoms with E-state index in [-0.39, 0.29) is 0 Å². The Labute approximate surface area is 115 Å². The van der Waals surface area contributed by atoms with Crippen LogP contribution in [0.3, 0.4) is 0 Å². The second kappa shape index (κ2) is 4.74. The van der Waals surface area contributed by atoms with Crippen LogP contribution in [0.2, 0.25) is 0 Å².